The number of nitrogens with one attached hydrogen (secondary N) is 1. The number of halogens is 3. The van der Waals surface area contributed by atoms with Gasteiger partial charge in [0.1, 0.15) is 5.84 Å². The summed E-state index contributed by atoms with van der Waals surface area (Å²) in [4.78, 5) is 14.1. The van der Waals surface area contributed by atoms with Crippen molar-refractivity contribution in [3.63, 3.8) is 0 Å². The summed E-state index contributed by atoms with van der Waals surface area (Å²) in [7, 11) is -3.73. The molecule has 7 nitrogen and oxygen atoms in total. The molecule has 2 heterocycles. The number of hydrogen-bond acceptors (Lipinski definition) is 7. The summed E-state index contributed by atoms with van der Waals surface area (Å²) in [6.07, 6.45) is -1.59. The highest BCUT2D eigenvalue weighted by molar-refractivity contribution is 8.01. The Labute approximate surface area is 195 Å². The van der Waals surface area contributed by atoms with Crippen LogP contribution < -0.4 is 5.73 Å². The van der Waals surface area contributed by atoms with Gasteiger partial charge >= 0.3 is 12.1 Å². The molecule has 0 atom stereocenters. The van der Waals surface area contributed by atoms with Gasteiger partial charge in [-0.3, -0.25) is 10.4 Å². The molecule has 0 amide bonds. The first-order chi connectivity index (χ1) is 15.3. The van der Waals surface area contributed by atoms with Gasteiger partial charge in [0.25, 0.3) is 0 Å². The number of thioether (sulfide) groups is 1. The van der Waals surface area contributed by atoms with Crippen molar-refractivity contribution in [2.75, 3.05) is 6.26 Å². The molecule has 13 heteroatoms. The molecular weight excluding hydrogens is 499 g/mol. The number of aromatic nitrogens is 1. The molecule has 1 aromatic carbocycles. The molecule has 33 heavy (non-hydrogen) atoms. The number of nitrogen functional groups attached to an aromatic ring is 1. The maximum Gasteiger partial charge on any atom is 0.490 e. The number of rotatable bonds is 5. The van der Waals surface area contributed by atoms with Gasteiger partial charge in [0.05, 0.1) is 24.6 Å². The number of nitrogens with zero attached hydrogens (tertiary/aromatic N) is 1. The Morgan fingerprint density at radius 2 is 1.85 bits per heavy atom. The van der Waals surface area contributed by atoms with E-state index in [0.717, 1.165) is 16.8 Å². The second-order valence-corrected chi connectivity index (χ2v) is 10.4. The van der Waals surface area contributed by atoms with E-state index in [1.807, 2.05) is 31.4 Å². The van der Waals surface area contributed by atoms with E-state index in [1.54, 1.807) is 24.4 Å². The van der Waals surface area contributed by atoms with Crippen LogP contribution in [0.2, 0.25) is 0 Å². The molecule has 0 aliphatic rings. The van der Waals surface area contributed by atoms with E-state index in [4.69, 9.17) is 21.0 Å². The van der Waals surface area contributed by atoms with Crippen LogP contribution in [-0.2, 0) is 14.6 Å². The second-order valence-electron chi connectivity index (χ2n) is 6.38. The minimum absolute atomic E-state index is 0.135. The lowest BCUT2D eigenvalue weighted by Gasteiger charge is -2.08. The zero-order valence-corrected chi connectivity index (χ0v) is 19.6. The third-order valence-electron chi connectivity index (χ3n) is 4.08. The van der Waals surface area contributed by atoms with Gasteiger partial charge < -0.3 is 10.8 Å². The van der Waals surface area contributed by atoms with Crippen LogP contribution in [0.1, 0.15) is 10.4 Å². The second kappa shape index (κ2) is 10.4. The highest BCUT2D eigenvalue weighted by Gasteiger charge is 2.38. The number of hydrogen-bond donors (Lipinski definition) is 3. The molecule has 0 saturated carbocycles. The largest absolute Gasteiger partial charge is 0.490 e. The molecule has 176 valence electrons. The summed E-state index contributed by atoms with van der Waals surface area (Å²) in [6.45, 7) is 1.94. The van der Waals surface area contributed by atoms with Crippen LogP contribution in [0.15, 0.2) is 62.7 Å². The number of sulfone groups is 1. The standard InChI is InChI=1S/C18H17N3O2S3.C2HF3O2/c1-11-5-4-8-21-16(11)12-6-3-7-13(9-12)26(22,23)15-10-14(17(19)20)25-18(15)24-2;3-2(4,5)1(6)7/h3-10H,1-2H3,(H3,19,20);(H,6,7). The topological polar surface area (TPSA) is 134 Å². The molecule has 0 aliphatic heterocycles. The van der Waals surface area contributed by atoms with Gasteiger partial charge in [-0.15, -0.1) is 23.1 Å². The number of carbonyl (C=O) groups is 1. The number of benzene rings is 1. The van der Waals surface area contributed by atoms with Crippen molar-refractivity contribution in [1.29, 1.82) is 5.41 Å². The van der Waals surface area contributed by atoms with Gasteiger partial charge in [-0.05, 0) is 43.0 Å². The maximum absolute atomic E-state index is 13.2. The number of thiophene rings is 1. The van der Waals surface area contributed by atoms with Gasteiger partial charge in [-0.25, -0.2) is 13.2 Å². The minimum atomic E-state index is -5.08. The summed E-state index contributed by atoms with van der Waals surface area (Å²) in [5.41, 5.74) is 8.01. The zero-order chi connectivity index (χ0) is 25.0. The number of alkyl halides is 3. The molecule has 0 bridgehead atoms. The van der Waals surface area contributed by atoms with Crippen LogP contribution in [0, 0.1) is 12.3 Å². The fourth-order valence-corrected chi connectivity index (χ4v) is 6.45. The fraction of sp³-hybridized carbons (Fsp3) is 0.150. The van der Waals surface area contributed by atoms with Gasteiger partial charge in [-0.1, -0.05) is 18.2 Å². The van der Waals surface area contributed by atoms with Crippen LogP contribution in [0.4, 0.5) is 13.2 Å². The van der Waals surface area contributed by atoms with Crippen molar-refractivity contribution in [2.24, 2.45) is 5.73 Å². The van der Waals surface area contributed by atoms with Crippen LogP contribution in [0.3, 0.4) is 0 Å². The predicted octanol–water partition coefficient (Wildman–Crippen LogP) is 4.59. The van der Waals surface area contributed by atoms with Crippen molar-refractivity contribution in [3.8, 4) is 11.3 Å². The Kier molecular flexibility index (Phi) is 8.27. The maximum atomic E-state index is 13.2. The van der Waals surface area contributed by atoms with Crippen molar-refractivity contribution < 1.29 is 31.5 Å². The van der Waals surface area contributed by atoms with E-state index >= 15 is 0 Å². The van der Waals surface area contributed by atoms with Gasteiger partial charge in [-0.2, -0.15) is 13.2 Å². The quantitative estimate of drug-likeness (QED) is 0.256. The molecular formula is C20H18F3N3O4S3. The third-order valence-corrected chi connectivity index (χ3v) is 8.41. The van der Waals surface area contributed by atoms with Crippen molar-refractivity contribution in [1.82, 2.24) is 4.98 Å². The number of pyridine rings is 1. The Morgan fingerprint density at radius 3 is 2.36 bits per heavy atom. The summed E-state index contributed by atoms with van der Waals surface area (Å²) in [5, 5.41) is 14.7. The number of amidine groups is 1. The molecule has 3 aromatic rings. The lowest BCUT2D eigenvalue weighted by molar-refractivity contribution is -0.192. The summed E-state index contributed by atoms with van der Waals surface area (Å²) in [5.74, 6) is -2.89. The smallest absolute Gasteiger partial charge is 0.475 e. The summed E-state index contributed by atoms with van der Waals surface area (Å²) in [6, 6.07) is 12.0. The molecule has 0 radical (unpaired) electrons. The monoisotopic (exact) mass is 517 g/mol. The lowest BCUT2D eigenvalue weighted by Crippen LogP contribution is -2.21. The third kappa shape index (κ3) is 6.33. The molecule has 0 aliphatic carbocycles. The predicted molar refractivity (Wildman–Crippen MR) is 121 cm³/mol. The van der Waals surface area contributed by atoms with Crippen LogP contribution in [0.5, 0.6) is 0 Å². The number of nitrogens with two attached hydrogens (primary N) is 1. The van der Waals surface area contributed by atoms with Gasteiger partial charge in [0, 0.05) is 11.8 Å². The van der Waals surface area contributed by atoms with Crippen molar-refractivity contribution in [2.45, 2.75) is 27.1 Å². The normalized spacial score (nSPS) is 11.4. The van der Waals surface area contributed by atoms with Crippen molar-refractivity contribution in [3.05, 3.63) is 59.1 Å². The van der Waals surface area contributed by atoms with Crippen LogP contribution in [-0.4, -0.2) is 42.7 Å². The Bertz CT molecular complexity index is 1290. The van der Waals surface area contributed by atoms with Crippen LogP contribution in [0.25, 0.3) is 11.3 Å². The number of carboxylic acid groups (broad SMARTS) is 1. The Balaban J connectivity index is 0.000000479. The Morgan fingerprint density at radius 1 is 1.21 bits per heavy atom. The molecule has 3 rings (SSSR count). The fourth-order valence-electron chi connectivity index (χ4n) is 2.55. The molecule has 0 spiro atoms. The molecule has 0 fully saturated rings. The molecule has 4 N–H and O–H groups in total. The lowest BCUT2D eigenvalue weighted by atomic mass is 10.1. The molecule has 2 aromatic heterocycles. The number of carboxylic acids is 1. The van der Waals surface area contributed by atoms with Crippen molar-refractivity contribution >= 4 is 44.7 Å². The Hall–Kier alpha value is -2.90. The average Bonchev–Trinajstić information content (AvgIpc) is 3.20. The van der Waals surface area contributed by atoms with Crippen LogP contribution >= 0.6 is 23.1 Å². The number of aliphatic carboxylic acids is 1. The first-order valence-electron chi connectivity index (χ1n) is 8.88. The minimum Gasteiger partial charge on any atom is -0.475 e. The summed E-state index contributed by atoms with van der Waals surface area (Å²) >= 11 is 2.55. The first-order valence-corrected chi connectivity index (χ1v) is 12.4. The SMILES string of the molecule is CSc1sc(C(=N)N)cc1S(=O)(=O)c1cccc(-c2ncccc2C)c1.O=C(O)C(F)(F)F. The average molecular weight is 518 g/mol. The molecule has 0 saturated heterocycles. The van der Waals surface area contributed by atoms with E-state index in [9.17, 15) is 21.6 Å². The molecule has 0 unspecified atom stereocenters. The van der Waals surface area contributed by atoms with E-state index in [0.29, 0.717) is 9.09 Å². The summed E-state index contributed by atoms with van der Waals surface area (Å²) < 4.78 is 58.7. The highest BCUT2D eigenvalue weighted by atomic mass is 32.2. The van der Waals surface area contributed by atoms with E-state index in [-0.39, 0.29) is 15.6 Å². The van der Waals surface area contributed by atoms with Gasteiger partial charge in [0.15, 0.2) is 0 Å². The highest BCUT2D eigenvalue weighted by Crippen LogP contribution is 2.37. The first kappa shape index (κ1) is 26.4. The van der Waals surface area contributed by atoms with E-state index in [2.05, 4.69) is 4.98 Å². The van der Waals surface area contributed by atoms with E-state index < -0.39 is 22.0 Å². The zero-order valence-electron chi connectivity index (χ0n) is 17.2. The number of aryl methyl sites for hydroxylation is 1. The van der Waals surface area contributed by atoms with E-state index in [1.165, 1.54) is 29.2 Å². The van der Waals surface area contributed by atoms with Gasteiger partial charge in [0.2, 0.25) is 9.84 Å².